The summed E-state index contributed by atoms with van der Waals surface area (Å²) in [7, 11) is 1.35. The third-order valence-corrected chi connectivity index (χ3v) is 2.30. The van der Waals surface area contributed by atoms with Crippen molar-refractivity contribution in [1.29, 1.82) is 0 Å². The Morgan fingerprint density at radius 1 is 1.41 bits per heavy atom. The number of carbonyl (C=O) groups is 1. The molecular formula is C11H12N4O2. The van der Waals surface area contributed by atoms with Crippen molar-refractivity contribution in [2.45, 2.75) is 6.54 Å². The van der Waals surface area contributed by atoms with Gasteiger partial charge in [0.2, 0.25) is 0 Å². The van der Waals surface area contributed by atoms with E-state index in [1.165, 1.54) is 7.11 Å². The number of benzene rings is 1. The highest BCUT2D eigenvalue weighted by Gasteiger charge is 2.06. The molecule has 2 aromatic rings. The van der Waals surface area contributed by atoms with Crippen LogP contribution in [0.5, 0.6) is 0 Å². The monoisotopic (exact) mass is 232 g/mol. The van der Waals surface area contributed by atoms with Crippen molar-refractivity contribution in [2.75, 3.05) is 7.11 Å². The fourth-order valence-electron chi connectivity index (χ4n) is 1.39. The van der Waals surface area contributed by atoms with E-state index in [9.17, 15) is 4.79 Å². The van der Waals surface area contributed by atoms with Gasteiger partial charge in [0.1, 0.15) is 0 Å². The minimum atomic E-state index is -0.363. The van der Waals surface area contributed by atoms with Gasteiger partial charge in [0.25, 0.3) is 0 Å². The summed E-state index contributed by atoms with van der Waals surface area (Å²) in [5.41, 5.74) is 7.46. The minimum absolute atomic E-state index is 0.347. The SMILES string of the molecule is COC(=O)c1ccc(-n2cc(CN)nn2)cc1. The van der Waals surface area contributed by atoms with Crippen LogP contribution in [-0.4, -0.2) is 28.1 Å². The zero-order valence-electron chi connectivity index (χ0n) is 9.33. The molecule has 0 atom stereocenters. The maximum absolute atomic E-state index is 11.2. The number of aromatic nitrogens is 3. The summed E-state index contributed by atoms with van der Waals surface area (Å²) in [6.07, 6.45) is 1.74. The predicted octanol–water partition coefficient (Wildman–Crippen LogP) is 0.513. The number of nitrogens with two attached hydrogens (primary N) is 1. The van der Waals surface area contributed by atoms with Crippen molar-refractivity contribution in [1.82, 2.24) is 15.0 Å². The Labute approximate surface area is 98.0 Å². The van der Waals surface area contributed by atoms with Gasteiger partial charge < -0.3 is 10.5 Å². The second-order valence-corrected chi connectivity index (χ2v) is 3.40. The Balaban J connectivity index is 2.25. The Bertz CT molecular complexity index is 519. The number of esters is 1. The molecular weight excluding hydrogens is 220 g/mol. The number of carbonyl (C=O) groups excluding carboxylic acids is 1. The second-order valence-electron chi connectivity index (χ2n) is 3.40. The van der Waals surface area contributed by atoms with Gasteiger partial charge in [0.15, 0.2) is 0 Å². The first-order chi connectivity index (χ1) is 8.24. The summed E-state index contributed by atoms with van der Waals surface area (Å²) in [5.74, 6) is -0.363. The van der Waals surface area contributed by atoms with Crippen LogP contribution in [0.1, 0.15) is 16.1 Å². The summed E-state index contributed by atoms with van der Waals surface area (Å²) >= 11 is 0. The van der Waals surface area contributed by atoms with Gasteiger partial charge in [0, 0.05) is 6.54 Å². The molecule has 6 heteroatoms. The average molecular weight is 232 g/mol. The molecule has 0 fully saturated rings. The predicted molar refractivity (Wildman–Crippen MR) is 60.6 cm³/mol. The van der Waals surface area contributed by atoms with Crippen LogP contribution in [-0.2, 0) is 11.3 Å². The average Bonchev–Trinajstić information content (AvgIpc) is 2.87. The molecule has 0 aliphatic heterocycles. The first kappa shape index (κ1) is 11.3. The van der Waals surface area contributed by atoms with Gasteiger partial charge in [-0.3, -0.25) is 0 Å². The lowest BCUT2D eigenvalue weighted by molar-refractivity contribution is 0.0601. The quantitative estimate of drug-likeness (QED) is 0.780. The fourth-order valence-corrected chi connectivity index (χ4v) is 1.39. The van der Waals surface area contributed by atoms with Crippen LogP contribution >= 0.6 is 0 Å². The summed E-state index contributed by atoms with van der Waals surface area (Å²) in [6, 6.07) is 6.87. The van der Waals surface area contributed by atoms with Crippen molar-refractivity contribution in [3.63, 3.8) is 0 Å². The maximum atomic E-state index is 11.2. The van der Waals surface area contributed by atoms with Gasteiger partial charge >= 0.3 is 5.97 Å². The van der Waals surface area contributed by atoms with Crippen LogP contribution in [0.25, 0.3) is 5.69 Å². The zero-order valence-corrected chi connectivity index (χ0v) is 9.33. The van der Waals surface area contributed by atoms with E-state index in [1.807, 2.05) is 0 Å². The molecule has 0 aliphatic carbocycles. The molecule has 88 valence electrons. The molecule has 0 unspecified atom stereocenters. The molecule has 0 amide bonds. The molecule has 1 heterocycles. The van der Waals surface area contributed by atoms with Gasteiger partial charge in [-0.05, 0) is 24.3 Å². The van der Waals surface area contributed by atoms with Crippen molar-refractivity contribution in [3.05, 3.63) is 41.7 Å². The Morgan fingerprint density at radius 2 is 2.12 bits per heavy atom. The van der Waals surface area contributed by atoms with Gasteiger partial charge in [-0.1, -0.05) is 5.21 Å². The minimum Gasteiger partial charge on any atom is -0.465 e. The lowest BCUT2D eigenvalue weighted by Crippen LogP contribution is -2.02. The highest BCUT2D eigenvalue weighted by atomic mass is 16.5. The molecule has 0 aliphatic rings. The number of hydrogen-bond acceptors (Lipinski definition) is 5. The Morgan fingerprint density at radius 3 is 2.65 bits per heavy atom. The van der Waals surface area contributed by atoms with Crippen molar-refractivity contribution in [3.8, 4) is 5.69 Å². The summed E-state index contributed by atoms with van der Waals surface area (Å²) in [6.45, 7) is 0.347. The van der Waals surface area contributed by atoms with Crippen molar-refractivity contribution >= 4 is 5.97 Å². The van der Waals surface area contributed by atoms with E-state index in [0.717, 1.165) is 5.69 Å². The molecule has 2 rings (SSSR count). The summed E-state index contributed by atoms with van der Waals surface area (Å²) in [4.78, 5) is 11.2. The molecule has 1 aromatic carbocycles. The summed E-state index contributed by atoms with van der Waals surface area (Å²) in [5, 5.41) is 7.80. The highest BCUT2D eigenvalue weighted by Crippen LogP contribution is 2.09. The number of methoxy groups -OCH3 is 1. The lowest BCUT2D eigenvalue weighted by atomic mass is 10.2. The van der Waals surface area contributed by atoms with Crippen molar-refractivity contribution in [2.24, 2.45) is 5.73 Å². The van der Waals surface area contributed by atoms with E-state index < -0.39 is 0 Å². The first-order valence-corrected chi connectivity index (χ1v) is 5.04. The van der Waals surface area contributed by atoms with E-state index in [2.05, 4.69) is 15.0 Å². The zero-order chi connectivity index (χ0) is 12.3. The molecule has 0 saturated carbocycles. The van der Waals surface area contributed by atoms with Gasteiger partial charge in [-0.2, -0.15) is 0 Å². The third-order valence-electron chi connectivity index (χ3n) is 2.30. The fraction of sp³-hybridized carbons (Fsp3) is 0.182. The number of nitrogens with zero attached hydrogens (tertiary/aromatic N) is 3. The van der Waals surface area contributed by atoms with Gasteiger partial charge in [-0.15, -0.1) is 5.10 Å². The van der Waals surface area contributed by atoms with E-state index in [4.69, 9.17) is 5.73 Å². The van der Waals surface area contributed by atoms with E-state index in [1.54, 1.807) is 35.1 Å². The van der Waals surface area contributed by atoms with Gasteiger partial charge in [-0.25, -0.2) is 9.48 Å². The van der Waals surface area contributed by atoms with E-state index in [-0.39, 0.29) is 5.97 Å². The topological polar surface area (TPSA) is 83.0 Å². The molecule has 6 nitrogen and oxygen atoms in total. The van der Waals surface area contributed by atoms with Crippen LogP contribution in [0.3, 0.4) is 0 Å². The third kappa shape index (κ3) is 2.31. The highest BCUT2D eigenvalue weighted by molar-refractivity contribution is 5.89. The summed E-state index contributed by atoms with van der Waals surface area (Å²) < 4.78 is 6.21. The molecule has 0 radical (unpaired) electrons. The molecule has 17 heavy (non-hydrogen) atoms. The lowest BCUT2D eigenvalue weighted by Gasteiger charge is -2.01. The number of ether oxygens (including phenoxy) is 1. The second kappa shape index (κ2) is 4.75. The number of hydrogen-bond donors (Lipinski definition) is 1. The molecule has 0 saturated heterocycles. The van der Waals surface area contributed by atoms with Crippen LogP contribution in [0.2, 0.25) is 0 Å². The molecule has 2 N–H and O–H groups in total. The van der Waals surface area contributed by atoms with Crippen molar-refractivity contribution < 1.29 is 9.53 Å². The number of rotatable bonds is 3. The standard InChI is InChI=1S/C11H12N4O2/c1-17-11(16)8-2-4-10(5-3-8)15-7-9(6-12)13-14-15/h2-5,7H,6,12H2,1H3. The van der Waals surface area contributed by atoms with Crippen LogP contribution in [0.4, 0.5) is 0 Å². The smallest absolute Gasteiger partial charge is 0.337 e. The first-order valence-electron chi connectivity index (χ1n) is 5.04. The molecule has 0 bridgehead atoms. The normalized spacial score (nSPS) is 10.2. The van der Waals surface area contributed by atoms with Crippen LogP contribution in [0, 0.1) is 0 Å². The largest absolute Gasteiger partial charge is 0.465 e. The van der Waals surface area contributed by atoms with Crippen LogP contribution in [0.15, 0.2) is 30.5 Å². The molecule has 0 spiro atoms. The Kier molecular flexibility index (Phi) is 3.15. The Hall–Kier alpha value is -2.21. The molecule has 1 aromatic heterocycles. The van der Waals surface area contributed by atoms with E-state index in [0.29, 0.717) is 17.8 Å². The van der Waals surface area contributed by atoms with Gasteiger partial charge in [0.05, 0.1) is 30.3 Å². The van der Waals surface area contributed by atoms with Crippen LogP contribution < -0.4 is 5.73 Å². The van der Waals surface area contributed by atoms with E-state index >= 15 is 0 Å². The maximum Gasteiger partial charge on any atom is 0.337 e.